The first-order valence-electron chi connectivity index (χ1n) is 7.66. The number of alkyl halides is 3. The summed E-state index contributed by atoms with van der Waals surface area (Å²) in [6.07, 6.45) is -4.30. The number of hydrogen-bond acceptors (Lipinski definition) is 2. The first kappa shape index (κ1) is 16.5. The van der Waals surface area contributed by atoms with E-state index in [4.69, 9.17) is 0 Å². The molecular weight excluding hydrogens is 317 g/mol. The SMILES string of the molecule is O=C(Cc1ccc(C(F)(F)F)cc1)NCc1ccc2c(c1)CNC2. The molecule has 6 heteroatoms. The summed E-state index contributed by atoms with van der Waals surface area (Å²) in [6, 6.07) is 10.8. The lowest BCUT2D eigenvalue weighted by molar-refractivity contribution is -0.137. The minimum atomic E-state index is -4.36. The van der Waals surface area contributed by atoms with E-state index in [0.29, 0.717) is 12.1 Å². The summed E-state index contributed by atoms with van der Waals surface area (Å²) in [5.74, 6) is -0.214. The summed E-state index contributed by atoms with van der Waals surface area (Å²) in [5, 5.41) is 6.06. The number of fused-ring (bicyclic) bond motifs is 1. The van der Waals surface area contributed by atoms with Crippen LogP contribution in [0.2, 0.25) is 0 Å². The molecule has 1 heterocycles. The molecular formula is C18H17F3N2O. The lowest BCUT2D eigenvalue weighted by Gasteiger charge is -2.09. The van der Waals surface area contributed by atoms with E-state index in [0.717, 1.165) is 30.8 Å². The standard InChI is InChI=1S/C18H17F3N2O/c19-18(20,21)16-5-2-12(3-6-16)8-17(24)23-9-13-1-4-14-10-22-11-15(14)7-13/h1-7,22H,8-11H2,(H,23,24). The minimum absolute atomic E-state index is 0.0602. The Bertz CT molecular complexity index is 739. The molecule has 1 amide bonds. The molecule has 0 saturated heterocycles. The summed E-state index contributed by atoms with van der Waals surface area (Å²) in [7, 11) is 0. The third-order valence-electron chi connectivity index (χ3n) is 4.04. The van der Waals surface area contributed by atoms with E-state index < -0.39 is 11.7 Å². The van der Waals surface area contributed by atoms with Crippen LogP contribution in [-0.4, -0.2) is 5.91 Å². The number of amides is 1. The molecule has 0 aliphatic carbocycles. The fraction of sp³-hybridized carbons (Fsp3) is 0.278. The Kier molecular flexibility index (Phi) is 4.57. The van der Waals surface area contributed by atoms with E-state index in [1.165, 1.54) is 23.3 Å². The zero-order valence-electron chi connectivity index (χ0n) is 12.9. The molecule has 24 heavy (non-hydrogen) atoms. The molecule has 3 nitrogen and oxygen atoms in total. The molecule has 2 N–H and O–H groups in total. The molecule has 0 fully saturated rings. The number of benzene rings is 2. The van der Waals surface area contributed by atoms with Gasteiger partial charge >= 0.3 is 6.18 Å². The highest BCUT2D eigenvalue weighted by Crippen LogP contribution is 2.29. The molecule has 0 atom stereocenters. The van der Waals surface area contributed by atoms with Gasteiger partial charge in [0, 0.05) is 19.6 Å². The molecule has 1 aliphatic rings. The van der Waals surface area contributed by atoms with Crippen LogP contribution in [0.15, 0.2) is 42.5 Å². The number of carbonyl (C=O) groups is 1. The van der Waals surface area contributed by atoms with Crippen molar-refractivity contribution in [2.45, 2.75) is 32.2 Å². The van der Waals surface area contributed by atoms with E-state index in [1.54, 1.807) is 0 Å². The van der Waals surface area contributed by atoms with Gasteiger partial charge in [-0.1, -0.05) is 30.3 Å². The van der Waals surface area contributed by atoms with Crippen LogP contribution in [0.25, 0.3) is 0 Å². The molecule has 0 radical (unpaired) electrons. The van der Waals surface area contributed by atoms with Crippen molar-refractivity contribution in [1.29, 1.82) is 0 Å². The predicted octanol–water partition coefficient (Wildman–Crippen LogP) is 3.17. The van der Waals surface area contributed by atoms with E-state index in [2.05, 4.69) is 16.7 Å². The first-order chi connectivity index (χ1) is 11.4. The molecule has 0 aromatic heterocycles. The van der Waals surface area contributed by atoms with Gasteiger partial charge < -0.3 is 10.6 Å². The third kappa shape index (κ3) is 3.94. The number of nitrogens with one attached hydrogen (secondary N) is 2. The molecule has 0 unspecified atom stereocenters. The second-order valence-electron chi connectivity index (χ2n) is 5.85. The quantitative estimate of drug-likeness (QED) is 0.902. The van der Waals surface area contributed by atoms with Crippen molar-refractivity contribution in [2.24, 2.45) is 0 Å². The fourth-order valence-corrected chi connectivity index (χ4v) is 2.72. The Balaban J connectivity index is 1.54. The summed E-state index contributed by atoms with van der Waals surface area (Å²) in [5.41, 5.74) is 3.37. The highest BCUT2D eigenvalue weighted by molar-refractivity contribution is 5.78. The van der Waals surface area contributed by atoms with Gasteiger partial charge in [0.05, 0.1) is 12.0 Å². The zero-order valence-corrected chi connectivity index (χ0v) is 12.9. The highest BCUT2D eigenvalue weighted by atomic mass is 19.4. The second kappa shape index (κ2) is 6.65. The van der Waals surface area contributed by atoms with Gasteiger partial charge in [-0.05, 0) is 34.4 Å². The molecule has 2 aromatic rings. The maximum atomic E-state index is 12.5. The van der Waals surface area contributed by atoms with Crippen LogP contribution < -0.4 is 10.6 Å². The number of carbonyl (C=O) groups excluding carboxylic acids is 1. The maximum absolute atomic E-state index is 12.5. The molecule has 0 saturated carbocycles. The summed E-state index contributed by atoms with van der Waals surface area (Å²) < 4.78 is 37.5. The minimum Gasteiger partial charge on any atom is -0.352 e. The summed E-state index contributed by atoms with van der Waals surface area (Å²) in [6.45, 7) is 2.12. The van der Waals surface area contributed by atoms with Crippen LogP contribution in [0.5, 0.6) is 0 Å². The van der Waals surface area contributed by atoms with Crippen LogP contribution in [0.4, 0.5) is 13.2 Å². The zero-order chi connectivity index (χ0) is 17.2. The Morgan fingerprint density at radius 3 is 2.38 bits per heavy atom. The second-order valence-corrected chi connectivity index (χ2v) is 5.85. The average molecular weight is 334 g/mol. The predicted molar refractivity (Wildman–Crippen MR) is 84.0 cm³/mol. The van der Waals surface area contributed by atoms with E-state index in [-0.39, 0.29) is 12.3 Å². The molecule has 0 bridgehead atoms. The smallest absolute Gasteiger partial charge is 0.352 e. The maximum Gasteiger partial charge on any atom is 0.416 e. The van der Waals surface area contributed by atoms with Crippen molar-refractivity contribution in [3.8, 4) is 0 Å². The summed E-state index contributed by atoms with van der Waals surface area (Å²) >= 11 is 0. The van der Waals surface area contributed by atoms with Crippen LogP contribution in [0.3, 0.4) is 0 Å². The van der Waals surface area contributed by atoms with Crippen LogP contribution in [-0.2, 0) is 37.0 Å². The third-order valence-corrected chi connectivity index (χ3v) is 4.04. The Morgan fingerprint density at radius 2 is 1.67 bits per heavy atom. The monoisotopic (exact) mass is 334 g/mol. The molecule has 3 rings (SSSR count). The summed E-state index contributed by atoms with van der Waals surface area (Å²) in [4.78, 5) is 12.0. The number of hydrogen-bond donors (Lipinski definition) is 2. The van der Waals surface area contributed by atoms with Gasteiger partial charge in [-0.15, -0.1) is 0 Å². The van der Waals surface area contributed by atoms with Crippen LogP contribution in [0, 0.1) is 0 Å². The van der Waals surface area contributed by atoms with Crippen molar-refractivity contribution in [3.63, 3.8) is 0 Å². The van der Waals surface area contributed by atoms with Gasteiger partial charge in [0.25, 0.3) is 0 Å². The van der Waals surface area contributed by atoms with Gasteiger partial charge in [0.2, 0.25) is 5.91 Å². The lowest BCUT2D eigenvalue weighted by Crippen LogP contribution is -2.24. The van der Waals surface area contributed by atoms with E-state index in [1.807, 2.05) is 12.1 Å². The van der Waals surface area contributed by atoms with E-state index >= 15 is 0 Å². The van der Waals surface area contributed by atoms with Gasteiger partial charge in [-0.25, -0.2) is 0 Å². The first-order valence-corrected chi connectivity index (χ1v) is 7.66. The van der Waals surface area contributed by atoms with Gasteiger partial charge in [-0.2, -0.15) is 13.2 Å². The molecule has 126 valence electrons. The van der Waals surface area contributed by atoms with Gasteiger partial charge in [0.15, 0.2) is 0 Å². The van der Waals surface area contributed by atoms with Crippen molar-refractivity contribution in [2.75, 3.05) is 0 Å². The van der Waals surface area contributed by atoms with Crippen molar-refractivity contribution in [1.82, 2.24) is 10.6 Å². The lowest BCUT2D eigenvalue weighted by atomic mass is 10.1. The van der Waals surface area contributed by atoms with E-state index in [9.17, 15) is 18.0 Å². The highest BCUT2D eigenvalue weighted by Gasteiger charge is 2.29. The Morgan fingerprint density at radius 1 is 1.00 bits per heavy atom. The normalized spacial score (nSPS) is 13.6. The van der Waals surface area contributed by atoms with Gasteiger partial charge in [-0.3, -0.25) is 4.79 Å². The molecule has 0 spiro atoms. The van der Waals surface area contributed by atoms with Crippen molar-refractivity contribution >= 4 is 5.91 Å². The van der Waals surface area contributed by atoms with Crippen molar-refractivity contribution < 1.29 is 18.0 Å². The Labute approximate surface area is 137 Å². The number of rotatable bonds is 4. The van der Waals surface area contributed by atoms with Crippen LogP contribution in [0.1, 0.15) is 27.8 Å². The van der Waals surface area contributed by atoms with Crippen molar-refractivity contribution in [3.05, 3.63) is 70.3 Å². The van der Waals surface area contributed by atoms with Gasteiger partial charge in [0.1, 0.15) is 0 Å². The topological polar surface area (TPSA) is 41.1 Å². The fourth-order valence-electron chi connectivity index (χ4n) is 2.72. The average Bonchev–Trinajstić information content (AvgIpc) is 3.00. The van der Waals surface area contributed by atoms with Crippen LogP contribution >= 0.6 is 0 Å². The number of halogens is 3. The Hall–Kier alpha value is -2.34. The largest absolute Gasteiger partial charge is 0.416 e. The molecule has 1 aliphatic heterocycles. The molecule has 2 aromatic carbocycles.